The SMILES string of the molecule is CCCCC(CC)(COP(O)O)C(O)(c1c(C(C)(C)C)cc(C(C)(C)C)cc1C(C)(C)C)c1c(C(C)(C)C)cc(C(C)(C)C)cc1C(C)(C)C. The molecule has 50 heavy (non-hydrogen) atoms. The summed E-state index contributed by atoms with van der Waals surface area (Å²) in [5.74, 6) is 0. The second-order valence-electron chi connectivity index (χ2n) is 21.4. The molecule has 2 rings (SSSR count). The van der Waals surface area contributed by atoms with Gasteiger partial charge in [0, 0.05) is 5.41 Å². The molecule has 4 nitrogen and oxygen atoms in total. The average Bonchev–Trinajstić information content (AvgIpc) is 2.92. The van der Waals surface area contributed by atoms with Crippen LogP contribution < -0.4 is 0 Å². The van der Waals surface area contributed by atoms with Crippen LogP contribution in [0.5, 0.6) is 0 Å². The molecule has 0 saturated carbocycles. The first-order valence-corrected chi connectivity index (χ1v) is 20.3. The Balaban J connectivity index is 3.76. The van der Waals surface area contributed by atoms with E-state index in [1.54, 1.807) is 0 Å². The Morgan fingerprint density at radius 1 is 0.520 bits per heavy atom. The maximum atomic E-state index is 14.9. The summed E-state index contributed by atoms with van der Waals surface area (Å²) < 4.78 is 5.96. The molecule has 0 fully saturated rings. The van der Waals surface area contributed by atoms with Crippen molar-refractivity contribution in [3.63, 3.8) is 0 Å². The third-order valence-corrected chi connectivity index (χ3v) is 11.2. The zero-order valence-electron chi connectivity index (χ0n) is 36.0. The van der Waals surface area contributed by atoms with Gasteiger partial charge < -0.3 is 19.4 Å². The zero-order chi connectivity index (χ0) is 39.3. The topological polar surface area (TPSA) is 69.9 Å². The van der Waals surface area contributed by atoms with Gasteiger partial charge in [-0.3, -0.25) is 0 Å². The molecule has 2 aromatic carbocycles. The molecular weight excluding hydrogens is 635 g/mol. The molecule has 0 saturated heterocycles. The number of unbranched alkanes of at least 4 members (excludes halogenated alkanes) is 1. The van der Waals surface area contributed by atoms with E-state index >= 15 is 0 Å². The number of hydrogen-bond donors (Lipinski definition) is 3. The van der Waals surface area contributed by atoms with Gasteiger partial charge in [-0.25, -0.2) is 0 Å². The molecule has 0 heterocycles. The van der Waals surface area contributed by atoms with Crippen LogP contribution in [0.15, 0.2) is 24.3 Å². The minimum Gasteiger partial charge on any atom is -0.380 e. The van der Waals surface area contributed by atoms with Crippen molar-refractivity contribution in [2.24, 2.45) is 5.41 Å². The van der Waals surface area contributed by atoms with Gasteiger partial charge in [-0.1, -0.05) is 176 Å². The molecule has 1 atom stereocenters. The van der Waals surface area contributed by atoms with Gasteiger partial charge in [0.05, 0.1) is 6.61 Å². The van der Waals surface area contributed by atoms with Crippen molar-refractivity contribution >= 4 is 8.60 Å². The molecule has 0 aliphatic carbocycles. The first kappa shape index (κ1) is 44.9. The van der Waals surface area contributed by atoms with Gasteiger partial charge in [-0.05, 0) is 89.8 Å². The van der Waals surface area contributed by atoms with Crippen molar-refractivity contribution in [1.82, 2.24) is 0 Å². The molecule has 286 valence electrons. The van der Waals surface area contributed by atoms with E-state index in [-0.39, 0.29) is 39.1 Å². The summed E-state index contributed by atoms with van der Waals surface area (Å²) in [6.07, 6.45) is 3.03. The van der Waals surface area contributed by atoms with Crippen LogP contribution in [0.3, 0.4) is 0 Å². The highest BCUT2D eigenvalue weighted by atomic mass is 31.2. The Hall–Kier alpha value is -1.29. The van der Waals surface area contributed by atoms with Crippen molar-refractivity contribution < 1.29 is 19.4 Å². The van der Waals surface area contributed by atoms with Crippen LogP contribution in [0.1, 0.15) is 209 Å². The Morgan fingerprint density at radius 2 is 0.820 bits per heavy atom. The molecule has 0 amide bonds. The van der Waals surface area contributed by atoms with E-state index in [0.717, 1.165) is 46.2 Å². The lowest BCUT2D eigenvalue weighted by atomic mass is 9.53. The Bertz CT molecular complexity index is 1300. The summed E-state index contributed by atoms with van der Waals surface area (Å²) in [5, 5.41) is 14.9. The smallest absolute Gasteiger partial charge is 0.327 e. The molecule has 0 aliphatic heterocycles. The van der Waals surface area contributed by atoms with Crippen LogP contribution in [-0.4, -0.2) is 21.5 Å². The average molecular weight is 713 g/mol. The van der Waals surface area contributed by atoms with E-state index in [0.29, 0.717) is 12.8 Å². The van der Waals surface area contributed by atoms with Gasteiger partial charge in [0.25, 0.3) is 0 Å². The van der Waals surface area contributed by atoms with E-state index < -0.39 is 19.6 Å². The predicted molar refractivity (Wildman–Crippen MR) is 218 cm³/mol. The third-order valence-electron chi connectivity index (χ3n) is 10.9. The van der Waals surface area contributed by atoms with Crippen LogP contribution in [0.25, 0.3) is 0 Å². The summed E-state index contributed by atoms with van der Waals surface area (Å²) in [6, 6.07) is 9.44. The lowest BCUT2D eigenvalue weighted by Gasteiger charge is -2.54. The molecule has 2 aromatic rings. The number of aliphatic hydroxyl groups is 1. The van der Waals surface area contributed by atoms with Crippen LogP contribution >= 0.6 is 8.60 Å². The highest BCUT2D eigenvalue weighted by Gasteiger charge is 2.57. The Kier molecular flexibility index (Phi) is 13.3. The number of benzene rings is 2. The summed E-state index contributed by atoms with van der Waals surface area (Å²) in [4.78, 5) is 20.7. The lowest BCUT2D eigenvalue weighted by Crippen LogP contribution is -2.53. The monoisotopic (exact) mass is 713 g/mol. The normalized spacial score (nSPS) is 15.5. The fraction of sp³-hybridized carbons (Fsp3) is 0.733. The van der Waals surface area contributed by atoms with Gasteiger partial charge in [-0.15, -0.1) is 0 Å². The highest BCUT2D eigenvalue weighted by molar-refractivity contribution is 7.39. The van der Waals surface area contributed by atoms with E-state index in [2.05, 4.69) is 163 Å². The molecule has 0 aromatic heterocycles. The first-order chi connectivity index (χ1) is 22.2. The molecule has 3 N–H and O–H groups in total. The minimum absolute atomic E-state index is 0.0150. The summed E-state index contributed by atoms with van der Waals surface area (Å²) in [7, 11) is -2.64. The van der Waals surface area contributed by atoms with Crippen LogP contribution in [-0.2, 0) is 42.6 Å². The van der Waals surface area contributed by atoms with E-state index in [1.807, 2.05) is 0 Å². The van der Waals surface area contributed by atoms with Crippen molar-refractivity contribution in [3.05, 3.63) is 68.8 Å². The predicted octanol–water partition coefficient (Wildman–Crippen LogP) is 12.5. The highest BCUT2D eigenvalue weighted by Crippen LogP contribution is 2.60. The third kappa shape index (κ3) is 9.43. The fourth-order valence-electron chi connectivity index (χ4n) is 7.54. The summed E-state index contributed by atoms with van der Waals surface area (Å²) in [6.45, 7) is 45.1. The summed E-state index contributed by atoms with van der Waals surface area (Å²) >= 11 is 0. The van der Waals surface area contributed by atoms with Crippen LogP contribution in [0.2, 0.25) is 0 Å². The quantitative estimate of drug-likeness (QED) is 0.215. The number of hydrogen-bond acceptors (Lipinski definition) is 4. The number of rotatable bonds is 10. The molecule has 0 spiro atoms. The first-order valence-electron chi connectivity index (χ1n) is 19.1. The Morgan fingerprint density at radius 3 is 1.02 bits per heavy atom. The van der Waals surface area contributed by atoms with Gasteiger partial charge in [0.2, 0.25) is 0 Å². The molecule has 5 heteroatoms. The van der Waals surface area contributed by atoms with Crippen molar-refractivity contribution in [3.8, 4) is 0 Å². The van der Waals surface area contributed by atoms with Crippen molar-refractivity contribution in [1.29, 1.82) is 0 Å². The molecule has 0 radical (unpaired) electrons. The van der Waals surface area contributed by atoms with E-state index in [1.165, 1.54) is 11.1 Å². The van der Waals surface area contributed by atoms with Crippen LogP contribution in [0.4, 0.5) is 0 Å². The second kappa shape index (κ2) is 14.9. The van der Waals surface area contributed by atoms with Crippen molar-refractivity contribution in [2.45, 2.75) is 202 Å². The van der Waals surface area contributed by atoms with Crippen molar-refractivity contribution in [2.75, 3.05) is 6.61 Å². The fourth-order valence-corrected chi connectivity index (χ4v) is 7.90. The largest absolute Gasteiger partial charge is 0.380 e. The van der Waals surface area contributed by atoms with Gasteiger partial charge in [0.1, 0.15) is 5.60 Å². The summed E-state index contributed by atoms with van der Waals surface area (Å²) in [5.41, 5.74) is 4.87. The standard InChI is InChI=1S/C45H77O4P/c1-21-23-24-44(22-2,29-49-50(47)48)45(46,36-32(40(9,10)11)25-30(38(3,4)5)26-33(36)41(12,13)14)37-34(42(15,16)17)27-31(39(6,7)8)28-35(37)43(18,19)20/h25-28,46-48H,21-24,29H2,1-20H3. The van der Waals surface area contributed by atoms with Gasteiger partial charge >= 0.3 is 8.60 Å². The van der Waals surface area contributed by atoms with Crippen LogP contribution in [0, 0.1) is 5.41 Å². The maximum absolute atomic E-state index is 14.9. The van der Waals surface area contributed by atoms with Gasteiger partial charge in [0.15, 0.2) is 0 Å². The van der Waals surface area contributed by atoms with Gasteiger partial charge in [-0.2, -0.15) is 0 Å². The Labute approximate surface area is 310 Å². The molecule has 0 bridgehead atoms. The lowest BCUT2D eigenvalue weighted by molar-refractivity contribution is -0.0948. The molecule has 0 aliphatic rings. The zero-order valence-corrected chi connectivity index (χ0v) is 36.9. The molecule has 1 unspecified atom stereocenters. The van der Waals surface area contributed by atoms with E-state index in [4.69, 9.17) is 4.52 Å². The molecular formula is C45H77O4P. The van der Waals surface area contributed by atoms with E-state index in [9.17, 15) is 14.9 Å². The maximum Gasteiger partial charge on any atom is 0.327 e. The minimum atomic E-state index is -2.64. The second-order valence-corrected chi connectivity index (χ2v) is 22.1.